The highest BCUT2D eigenvalue weighted by Gasteiger charge is 2.38. The van der Waals surface area contributed by atoms with Crippen LogP contribution in [0.15, 0.2) is 0 Å². The largest absolute Gasteiger partial charge is 0.396 e. The van der Waals surface area contributed by atoms with Crippen LogP contribution >= 0.6 is 0 Å². The molecule has 0 bridgehead atoms. The molecular weight excluding hydrogens is 252 g/mol. The smallest absolute Gasteiger partial charge is 0.227 e. The first-order valence-electron chi connectivity index (χ1n) is 8.17. The second-order valence-electron chi connectivity index (χ2n) is 6.45. The normalized spacial score (nSPS) is 19.4. The third kappa shape index (κ3) is 3.95. The second kappa shape index (κ2) is 7.99. The predicted molar refractivity (Wildman–Crippen MR) is 82.3 cm³/mol. The molecule has 0 unspecified atom stereocenters. The van der Waals surface area contributed by atoms with Gasteiger partial charge in [0.1, 0.15) is 0 Å². The zero-order chi connectivity index (χ0) is 15.1. The Bertz CT molecular complexity index is 285. The molecule has 1 saturated carbocycles. The lowest BCUT2D eigenvalue weighted by atomic mass is 9.78. The van der Waals surface area contributed by atoms with Crippen molar-refractivity contribution in [2.45, 2.75) is 65.2 Å². The van der Waals surface area contributed by atoms with Crippen molar-refractivity contribution in [1.29, 1.82) is 0 Å². The summed E-state index contributed by atoms with van der Waals surface area (Å²) in [6.45, 7) is 5.24. The molecule has 0 aromatic carbocycles. The Morgan fingerprint density at radius 1 is 1.20 bits per heavy atom. The standard InChI is InChI=1S/C16H32N2O2/c1-3-15(4-2,13-19)12-18-14(20)16(11-17)9-7-5-6-8-10-16/h19H,3-13,17H2,1-2H3,(H,18,20). The number of nitrogens with one attached hydrogen (secondary N) is 1. The lowest BCUT2D eigenvalue weighted by molar-refractivity contribution is -0.132. The van der Waals surface area contributed by atoms with E-state index in [1.54, 1.807) is 0 Å². The van der Waals surface area contributed by atoms with Crippen molar-refractivity contribution in [3.05, 3.63) is 0 Å². The molecule has 1 aliphatic carbocycles. The Morgan fingerprint density at radius 3 is 2.15 bits per heavy atom. The van der Waals surface area contributed by atoms with Gasteiger partial charge in [0, 0.05) is 18.5 Å². The zero-order valence-electron chi connectivity index (χ0n) is 13.2. The Morgan fingerprint density at radius 2 is 1.75 bits per heavy atom. The van der Waals surface area contributed by atoms with E-state index in [9.17, 15) is 9.90 Å². The quantitative estimate of drug-likeness (QED) is 0.627. The van der Waals surface area contributed by atoms with Gasteiger partial charge < -0.3 is 16.2 Å². The number of aliphatic hydroxyl groups is 1. The van der Waals surface area contributed by atoms with Gasteiger partial charge in [0.2, 0.25) is 5.91 Å². The molecule has 118 valence electrons. The van der Waals surface area contributed by atoms with Gasteiger partial charge in [0.05, 0.1) is 12.0 Å². The fraction of sp³-hybridized carbons (Fsp3) is 0.938. The minimum atomic E-state index is -0.376. The van der Waals surface area contributed by atoms with Crippen molar-refractivity contribution in [2.24, 2.45) is 16.6 Å². The number of carbonyl (C=O) groups is 1. The van der Waals surface area contributed by atoms with Crippen LogP contribution in [0.5, 0.6) is 0 Å². The first kappa shape index (κ1) is 17.4. The van der Waals surface area contributed by atoms with Crippen molar-refractivity contribution in [3.63, 3.8) is 0 Å². The number of nitrogens with two attached hydrogens (primary N) is 1. The summed E-state index contributed by atoms with van der Waals surface area (Å²) >= 11 is 0. The van der Waals surface area contributed by atoms with E-state index >= 15 is 0 Å². The lowest BCUT2D eigenvalue weighted by Gasteiger charge is -2.34. The highest BCUT2D eigenvalue weighted by atomic mass is 16.3. The highest BCUT2D eigenvalue weighted by Crippen LogP contribution is 2.35. The number of hydrogen-bond acceptors (Lipinski definition) is 3. The van der Waals surface area contributed by atoms with Crippen LogP contribution in [0.2, 0.25) is 0 Å². The summed E-state index contributed by atoms with van der Waals surface area (Å²) in [5, 5.41) is 12.7. The summed E-state index contributed by atoms with van der Waals surface area (Å²) in [7, 11) is 0. The van der Waals surface area contributed by atoms with E-state index in [0.717, 1.165) is 38.5 Å². The van der Waals surface area contributed by atoms with Gasteiger partial charge in [-0.1, -0.05) is 39.5 Å². The van der Waals surface area contributed by atoms with E-state index in [1.165, 1.54) is 12.8 Å². The Balaban J connectivity index is 2.67. The topological polar surface area (TPSA) is 75.3 Å². The van der Waals surface area contributed by atoms with Crippen molar-refractivity contribution in [2.75, 3.05) is 19.7 Å². The van der Waals surface area contributed by atoms with Gasteiger partial charge in [-0.05, 0) is 25.7 Å². The molecule has 1 rings (SSSR count). The second-order valence-corrected chi connectivity index (χ2v) is 6.45. The summed E-state index contributed by atoms with van der Waals surface area (Å²) < 4.78 is 0. The molecule has 4 nitrogen and oxygen atoms in total. The third-order valence-electron chi connectivity index (χ3n) is 5.39. The van der Waals surface area contributed by atoms with E-state index < -0.39 is 0 Å². The van der Waals surface area contributed by atoms with Crippen LogP contribution in [0.25, 0.3) is 0 Å². The monoisotopic (exact) mass is 284 g/mol. The maximum absolute atomic E-state index is 12.6. The van der Waals surface area contributed by atoms with Crippen LogP contribution in [0.3, 0.4) is 0 Å². The average molecular weight is 284 g/mol. The molecule has 0 aromatic rings. The van der Waals surface area contributed by atoms with Crippen molar-refractivity contribution >= 4 is 5.91 Å². The molecule has 1 aliphatic rings. The maximum atomic E-state index is 12.6. The molecular formula is C16H32N2O2. The maximum Gasteiger partial charge on any atom is 0.227 e. The lowest BCUT2D eigenvalue weighted by Crippen LogP contribution is -2.49. The molecule has 0 heterocycles. The molecule has 0 aromatic heterocycles. The minimum absolute atomic E-state index is 0.0987. The van der Waals surface area contributed by atoms with Gasteiger partial charge in [-0.15, -0.1) is 0 Å². The first-order valence-corrected chi connectivity index (χ1v) is 8.17. The SMILES string of the molecule is CCC(CC)(CO)CNC(=O)C1(CN)CCCCCC1. The van der Waals surface area contributed by atoms with E-state index in [1.807, 2.05) is 0 Å². The van der Waals surface area contributed by atoms with Gasteiger partial charge in [-0.2, -0.15) is 0 Å². The molecule has 1 amide bonds. The van der Waals surface area contributed by atoms with Gasteiger partial charge in [0.15, 0.2) is 0 Å². The molecule has 1 fully saturated rings. The van der Waals surface area contributed by atoms with Gasteiger partial charge >= 0.3 is 0 Å². The number of amides is 1. The predicted octanol–water partition coefficient (Wildman–Crippen LogP) is 2.20. The summed E-state index contributed by atoms with van der Waals surface area (Å²) in [6.07, 6.45) is 8.15. The minimum Gasteiger partial charge on any atom is -0.396 e. The molecule has 4 heteroatoms. The molecule has 0 radical (unpaired) electrons. The summed E-state index contributed by atoms with van der Waals surface area (Å²) in [5.41, 5.74) is 5.38. The molecule has 0 atom stereocenters. The van der Waals surface area contributed by atoms with Crippen molar-refractivity contribution < 1.29 is 9.90 Å². The van der Waals surface area contributed by atoms with E-state index in [-0.39, 0.29) is 23.3 Å². The van der Waals surface area contributed by atoms with Crippen LogP contribution in [-0.2, 0) is 4.79 Å². The van der Waals surface area contributed by atoms with E-state index in [0.29, 0.717) is 13.1 Å². The van der Waals surface area contributed by atoms with Crippen molar-refractivity contribution in [1.82, 2.24) is 5.32 Å². The fourth-order valence-corrected chi connectivity index (χ4v) is 3.16. The van der Waals surface area contributed by atoms with Crippen LogP contribution in [0, 0.1) is 10.8 Å². The number of carbonyl (C=O) groups excluding carboxylic acids is 1. The number of aliphatic hydroxyl groups excluding tert-OH is 1. The van der Waals surface area contributed by atoms with Crippen LogP contribution in [0.1, 0.15) is 65.2 Å². The Hall–Kier alpha value is -0.610. The van der Waals surface area contributed by atoms with Gasteiger partial charge in [0.25, 0.3) is 0 Å². The van der Waals surface area contributed by atoms with Crippen molar-refractivity contribution in [3.8, 4) is 0 Å². The zero-order valence-corrected chi connectivity index (χ0v) is 13.2. The first-order chi connectivity index (χ1) is 9.58. The molecule has 20 heavy (non-hydrogen) atoms. The van der Waals surface area contributed by atoms with E-state index in [2.05, 4.69) is 19.2 Å². The third-order valence-corrected chi connectivity index (χ3v) is 5.39. The van der Waals surface area contributed by atoms with Gasteiger partial charge in [-0.25, -0.2) is 0 Å². The van der Waals surface area contributed by atoms with Crippen LogP contribution in [-0.4, -0.2) is 30.7 Å². The average Bonchev–Trinajstić information content (AvgIpc) is 2.75. The Labute approximate surface area is 123 Å². The fourth-order valence-electron chi connectivity index (χ4n) is 3.16. The Kier molecular flexibility index (Phi) is 6.96. The molecule has 0 saturated heterocycles. The molecule has 4 N–H and O–H groups in total. The summed E-state index contributed by atoms with van der Waals surface area (Å²) in [4.78, 5) is 12.6. The highest BCUT2D eigenvalue weighted by molar-refractivity contribution is 5.83. The van der Waals surface area contributed by atoms with Crippen LogP contribution in [0.4, 0.5) is 0 Å². The van der Waals surface area contributed by atoms with Crippen LogP contribution < -0.4 is 11.1 Å². The van der Waals surface area contributed by atoms with E-state index in [4.69, 9.17) is 5.73 Å². The number of rotatable bonds is 7. The molecule has 0 spiro atoms. The summed E-state index contributed by atoms with van der Waals surface area (Å²) in [5.74, 6) is 0.0987. The summed E-state index contributed by atoms with van der Waals surface area (Å²) in [6, 6.07) is 0. The molecule has 0 aliphatic heterocycles. The van der Waals surface area contributed by atoms with Gasteiger partial charge in [-0.3, -0.25) is 4.79 Å². The number of hydrogen-bond donors (Lipinski definition) is 3.